The molecule has 2 rings (SSSR count). The maximum Gasteiger partial charge on any atom is 0.308 e. The first-order valence-corrected chi connectivity index (χ1v) is 10.2. The average molecular weight is 368 g/mol. The molecule has 1 aliphatic heterocycles. The van der Waals surface area contributed by atoms with Crippen molar-refractivity contribution in [3.63, 3.8) is 0 Å². The lowest BCUT2D eigenvalue weighted by atomic mass is 10.00. The van der Waals surface area contributed by atoms with Crippen LogP contribution in [0.2, 0.25) is 0 Å². The Morgan fingerprint density at radius 2 is 2.08 bits per heavy atom. The molecule has 138 valence electrons. The van der Waals surface area contributed by atoms with Crippen LogP contribution in [0.15, 0.2) is 18.2 Å². The predicted octanol–water partition coefficient (Wildman–Crippen LogP) is 1.63. The van der Waals surface area contributed by atoms with E-state index in [2.05, 4.69) is 5.32 Å². The van der Waals surface area contributed by atoms with Gasteiger partial charge in [0.05, 0.1) is 17.9 Å². The highest BCUT2D eigenvalue weighted by Crippen LogP contribution is 2.29. The summed E-state index contributed by atoms with van der Waals surface area (Å²) in [7, 11) is -3.34. The Morgan fingerprint density at radius 3 is 2.68 bits per heavy atom. The van der Waals surface area contributed by atoms with E-state index in [0.717, 1.165) is 12.0 Å². The van der Waals surface area contributed by atoms with Crippen molar-refractivity contribution < 1.29 is 23.1 Å². The molecule has 0 spiro atoms. The number of hydrogen-bond acceptors (Lipinski definition) is 4. The van der Waals surface area contributed by atoms with Crippen LogP contribution in [-0.4, -0.2) is 44.7 Å². The fourth-order valence-electron chi connectivity index (χ4n) is 3.03. The number of carboxylic acid groups (broad SMARTS) is 1. The number of benzene rings is 1. The molecule has 0 aromatic heterocycles. The van der Waals surface area contributed by atoms with Crippen molar-refractivity contribution in [2.24, 2.45) is 5.92 Å². The van der Waals surface area contributed by atoms with Crippen LogP contribution in [-0.2, 0) is 21.2 Å². The second kappa shape index (κ2) is 7.86. The molecule has 1 amide bonds. The standard InChI is InChI=1S/C17H24N2O5S/c1-3-5-14(17(21)22)11-18-16(20)13-7-8-15-12(10-13)6-4-9-19(15)25(2,23)24/h7-8,10,14H,3-6,9,11H2,1-2H3,(H,18,20)(H,21,22). The van der Waals surface area contributed by atoms with E-state index in [0.29, 0.717) is 37.1 Å². The Kier molecular flexibility index (Phi) is 6.05. The zero-order valence-electron chi connectivity index (χ0n) is 14.5. The topological polar surface area (TPSA) is 104 Å². The summed E-state index contributed by atoms with van der Waals surface area (Å²) in [4.78, 5) is 23.5. The number of anilines is 1. The van der Waals surface area contributed by atoms with Crippen LogP contribution in [0.25, 0.3) is 0 Å². The highest BCUT2D eigenvalue weighted by atomic mass is 32.2. The van der Waals surface area contributed by atoms with Gasteiger partial charge in [0, 0.05) is 18.7 Å². The van der Waals surface area contributed by atoms with Gasteiger partial charge in [-0.2, -0.15) is 0 Å². The normalized spacial score (nSPS) is 15.4. The molecule has 7 nitrogen and oxygen atoms in total. The second-order valence-electron chi connectivity index (χ2n) is 6.32. The van der Waals surface area contributed by atoms with E-state index in [4.69, 9.17) is 5.11 Å². The lowest BCUT2D eigenvalue weighted by molar-refractivity contribution is -0.141. The van der Waals surface area contributed by atoms with Gasteiger partial charge < -0.3 is 10.4 Å². The fourth-order valence-corrected chi connectivity index (χ4v) is 4.02. The highest BCUT2D eigenvalue weighted by Gasteiger charge is 2.25. The number of amides is 1. The number of carbonyl (C=O) groups excluding carboxylic acids is 1. The summed E-state index contributed by atoms with van der Waals surface area (Å²) >= 11 is 0. The molecule has 1 heterocycles. The van der Waals surface area contributed by atoms with E-state index in [1.54, 1.807) is 18.2 Å². The minimum absolute atomic E-state index is 0.0779. The van der Waals surface area contributed by atoms with E-state index >= 15 is 0 Å². The first-order chi connectivity index (χ1) is 11.7. The maximum atomic E-state index is 12.3. The summed E-state index contributed by atoms with van der Waals surface area (Å²) < 4.78 is 25.1. The minimum Gasteiger partial charge on any atom is -0.481 e. The number of sulfonamides is 1. The molecular formula is C17H24N2O5S. The van der Waals surface area contributed by atoms with Crippen LogP contribution in [0.3, 0.4) is 0 Å². The van der Waals surface area contributed by atoms with Gasteiger partial charge in [0.2, 0.25) is 10.0 Å². The summed E-state index contributed by atoms with van der Waals surface area (Å²) in [6, 6.07) is 4.91. The first-order valence-electron chi connectivity index (χ1n) is 8.35. The Bertz CT molecular complexity index is 760. The molecule has 1 aliphatic rings. The van der Waals surface area contributed by atoms with Gasteiger partial charge in [0.25, 0.3) is 5.91 Å². The molecule has 1 atom stereocenters. The van der Waals surface area contributed by atoms with Crippen molar-refractivity contribution in [3.05, 3.63) is 29.3 Å². The maximum absolute atomic E-state index is 12.3. The van der Waals surface area contributed by atoms with E-state index in [9.17, 15) is 18.0 Å². The highest BCUT2D eigenvalue weighted by molar-refractivity contribution is 7.92. The van der Waals surface area contributed by atoms with Gasteiger partial charge >= 0.3 is 5.97 Å². The number of nitrogens with one attached hydrogen (secondary N) is 1. The SMILES string of the molecule is CCCC(CNC(=O)c1ccc2c(c1)CCCN2S(C)(=O)=O)C(=O)O. The third kappa shape index (κ3) is 4.72. The van der Waals surface area contributed by atoms with Crippen LogP contribution >= 0.6 is 0 Å². The quantitative estimate of drug-likeness (QED) is 0.761. The lowest BCUT2D eigenvalue weighted by Gasteiger charge is -2.29. The summed E-state index contributed by atoms with van der Waals surface area (Å²) in [5, 5.41) is 11.8. The molecule has 0 fully saturated rings. The molecule has 0 bridgehead atoms. The van der Waals surface area contributed by atoms with E-state index in [1.807, 2.05) is 6.92 Å². The summed E-state index contributed by atoms with van der Waals surface area (Å²) in [6.07, 6.45) is 3.80. The van der Waals surface area contributed by atoms with Crippen LogP contribution in [0.4, 0.5) is 5.69 Å². The smallest absolute Gasteiger partial charge is 0.308 e. The Morgan fingerprint density at radius 1 is 1.36 bits per heavy atom. The van der Waals surface area contributed by atoms with Crippen LogP contribution in [0.5, 0.6) is 0 Å². The molecule has 1 aromatic rings. The van der Waals surface area contributed by atoms with Gasteiger partial charge in [0.1, 0.15) is 0 Å². The molecule has 1 aromatic carbocycles. The number of hydrogen-bond donors (Lipinski definition) is 2. The predicted molar refractivity (Wildman–Crippen MR) is 95.3 cm³/mol. The first kappa shape index (κ1) is 19.2. The molecule has 0 saturated heterocycles. The average Bonchev–Trinajstić information content (AvgIpc) is 2.56. The van der Waals surface area contributed by atoms with Gasteiger partial charge in [-0.15, -0.1) is 0 Å². The van der Waals surface area contributed by atoms with Crippen molar-refractivity contribution in [2.45, 2.75) is 32.6 Å². The number of aliphatic carboxylic acids is 1. The summed E-state index contributed by atoms with van der Waals surface area (Å²) in [6.45, 7) is 2.41. The number of aryl methyl sites for hydroxylation is 1. The molecule has 1 unspecified atom stereocenters. The third-order valence-corrected chi connectivity index (χ3v) is 5.49. The summed E-state index contributed by atoms with van der Waals surface area (Å²) in [5.41, 5.74) is 1.84. The number of carbonyl (C=O) groups is 2. The van der Waals surface area contributed by atoms with Crippen molar-refractivity contribution >= 4 is 27.6 Å². The largest absolute Gasteiger partial charge is 0.481 e. The van der Waals surface area contributed by atoms with Gasteiger partial charge in [-0.3, -0.25) is 13.9 Å². The Balaban J connectivity index is 2.13. The third-order valence-electron chi connectivity index (χ3n) is 4.31. The zero-order chi connectivity index (χ0) is 18.6. The van der Waals surface area contributed by atoms with E-state index < -0.39 is 21.9 Å². The van der Waals surface area contributed by atoms with Crippen LogP contribution in [0.1, 0.15) is 42.1 Å². The monoisotopic (exact) mass is 368 g/mol. The van der Waals surface area contributed by atoms with Crippen molar-refractivity contribution in [1.82, 2.24) is 5.32 Å². The fraction of sp³-hybridized carbons (Fsp3) is 0.529. The molecule has 25 heavy (non-hydrogen) atoms. The Hall–Kier alpha value is -2.09. The number of nitrogens with zero attached hydrogens (tertiary/aromatic N) is 1. The van der Waals surface area contributed by atoms with Crippen molar-refractivity contribution in [3.8, 4) is 0 Å². The van der Waals surface area contributed by atoms with Gasteiger partial charge in [-0.1, -0.05) is 13.3 Å². The molecule has 8 heteroatoms. The molecule has 0 radical (unpaired) electrons. The molecule has 0 saturated carbocycles. The van der Waals surface area contributed by atoms with Crippen molar-refractivity contribution in [1.29, 1.82) is 0 Å². The second-order valence-corrected chi connectivity index (χ2v) is 8.22. The van der Waals surface area contributed by atoms with Gasteiger partial charge in [-0.05, 0) is 43.0 Å². The molecular weight excluding hydrogens is 344 g/mol. The number of fused-ring (bicyclic) bond motifs is 1. The van der Waals surface area contributed by atoms with E-state index in [1.165, 1.54) is 10.6 Å². The number of rotatable bonds is 7. The van der Waals surface area contributed by atoms with Crippen LogP contribution in [0, 0.1) is 5.92 Å². The zero-order valence-corrected chi connectivity index (χ0v) is 15.3. The van der Waals surface area contributed by atoms with E-state index in [-0.39, 0.29) is 12.5 Å². The Labute approximate surface area is 148 Å². The van der Waals surface area contributed by atoms with Crippen LogP contribution < -0.4 is 9.62 Å². The van der Waals surface area contributed by atoms with Gasteiger partial charge in [-0.25, -0.2) is 8.42 Å². The molecule has 0 aliphatic carbocycles. The number of carboxylic acids is 1. The van der Waals surface area contributed by atoms with Crippen molar-refractivity contribution in [2.75, 3.05) is 23.7 Å². The minimum atomic E-state index is -3.34. The van der Waals surface area contributed by atoms with Gasteiger partial charge in [0.15, 0.2) is 0 Å². The summed E-state index contributed by atoms with van der Waals surface area (Å²) in [5.74, 6) is -1.87. The molecule has 2 N–H and O–H groups in total. The lowest BCUT2D eigenvalue weighted by Crippen LogP contribution is -2.35.